The number of benzene rings is 2. The van der Waals surface area contributed by atoms with Crippen LogP contribution in [0.25, 0.3) is 22.4 Å². The average Bonchev–Trinajstić information content (AvgIpc) is 3.53. The molecule has 0 saturated heterocycles. The Balaban J connectivity index is 1.58. The molecule has 150 valence electrons. The molecule has 2 N–H and O–H groups in total. The van der Waals surface area contributed by atoms with Gasteiger partial charge in [-0.2, -0.15) is 0 Å². The van der Waals surface area contributed by atoms with Gasteiger partial charge in [0.05, 0.1) is 17.0 Å². The van der Waals surface area contributed by atoms with Crippen molar-refractivity contribution < 1.29 is 14.4 Å². The Kier molecular flexibility index (Phi) is 4.47. The van der Waals surface area contributed by atoms with Crippen molar-refractivity contribution in [2.75, 3.05) is 0 Å². The Morgan fingerprint density at radius 2 is 1.87 bits per heavy atom. The zero-order valence-electron chi connectivity index (χ0n) is 16.5. The normalized spacial score (nSPS) is 14.6. The zero-order valence-corrected chi connectivity index (χ0v) is 16.5. The number of aromatic nitrogens is 2. The van der Waals surface area contributed by atoms with Crippen LogP contribution in [-0.4, -0.2) is 21.2 Å². The lowest BCUT2D eigenvalue weighted by Gasteiger charge is -2.16. The standard InChI is InChI=1S/C24H21N3O3/c1-14(17-9-5-6-10-20(17)28)25-23(29)18-13-19(15-11-12-15)26-24-21(18)22(27-30-24)16-7-3-2-4-8-16/h2-10,13-15,28H,11-12H2,1H3,(H,25,29)/t14-/m1/s1. The lowest BCUT2D eigenvalue weighted by Crippen LogP contribution is -2.27. The summed E-state index contributed by atoms with van der Waals surface area (Å²) in [7, 11) is 0. The Bertz CT molecular complexity index is 1230. The van der Waals surface area contributed by atoms with E-state index in [4.69, 9.17) is 4.52 Å². The molecule has 30 heavy (non-hydrogen) atoms. The largest absolute Gasteiger partial charge is 0.508 e. The summed E-state index contributed by atoms with van der Waals surface area (Å²) in [4.78, 5) is 18.0. The smallest absolute Gasteiger partial charge is 0.259 e. The summed E-state index contributed by atoms with van der Waals surface area (Å²) in [6.07, 6.45) is 2.13. The predicted molar refractivity (Wildman–Crippen MR) is 113 cm³/mol. The van der Waals surface area contributed by atoms with Crippen molar-refractivity contribution in [1.29, 1.82) is 0 Å². The van der Waals surface area contributed by atoms with E-state index in [2.05, 4.69) is 15.5 Å². The third-order valence-electron chi connectivity index (χ3n) is 5.50. The molecule has 1 fully saturated rings. The first-order chi connectivity index (χ1) is 14.6. The molecule has 0 bridgehead atoms. The molecule has 5 rings (SSSR count). The SMILES string of the molecule is C[C@@H](NC(=O)c1cc(C2CC2)nc2onc(-c3ccccc3)c12)c1ccccc1O. The van der Waals surface area contributed by atoms with Crippen molar-refractivity contribution in [2.24, 2.45) is 0 Å². The van der Waals surface area contributed by atoms with E-state index in [1.54, 1.807) is 18.2 Å². The number of phenolic OH excluding ortho intramolecular Hbond substituents is 1. The molecule has 2 heterocycles. The Morgan fingerprint density at radius 1 is 1.13 bits per heavy atom. The highest BCUT2D eigenvalue weighted by molar-refractivity contribution is 6.09. The highest BCUT2D eigenvalue weighted by Gasteiger charge is 2.29. The van der Waals surface area contributed by atoms with Crippen molar-refractivity contribution in [3.8, 4) is 17.0 Å². The van der Waals surface area contributed by atoms with Crippen LogP contribution in [-0.2, 0) is 0 Å². The van der Waals surface area contributed by atoms with E-state index in [9.17, 15) is 9.90 Å². The third kappa shape index (κ3) is 3.30. The maximum absolute atomic E-state index is 13.3. The van der Waals surface area contributed by atoms with Gasteiger partial charge in [-0.3, -0.25) is 4.79 Å². The summed E-state index contributed by atoms with van der Waals surface area (Å²) < 4.78 is 5.54. The van der Waals surface area contributed by atoms with Gasteiger partial charge in [0.25, 0.3) is 11.6 Å². The molecule has 1 atom stereocenters. The van der Waals surface area contributed by atoms with Crippen molar-refractivity contribution in [3.05, 3.63) is 77.5 Å². The van der Waals surface area contributed by atoms with Crippen LogP contribution in [0.2, 0.25) is 0 Å². The van der Waals surface area contributed by atoms with Gasteiger partial charge >= 0.3 is 0 Å². The van der Waals surface area contributed by atoms with Crippen LogP contribution in [0.1, 0.15) is 53.3 Å². The third-order valence-corrected chi connectivity index (χ3v) is 5.50. The molecule has 6 nitrogen and oxygen atoms in total. The van der Waals surface area contributed by atoms with Crippen molar-refractivity contribution >= 4 is 17.0 Å². The number of carbonyl (C=O) groups excluding carboxylic acids is 1. The van der Waals surface area contributed by atoms with E-state index in [1.165, 1.54) is 0 Å². The first-order valence-electron chi connectivity index (χ1n) is 10.1. The molecular formula is C24H21N3O3. The molecule has 2 aromatic carbocycles. The minimum Gasteiger partial charge on any atom is -0.508 e. The molecule has 1 saturated carbocycles. The molecule has 1 amide bonds. The van der Waals surface area contributed by atoms with E-state index in [0.29, 0.717) is 33.8 Å². The molecule has 2 aromatic heterocycles. The quantitative estimate of drug-likeness (QED) is 0.495. The van der Waals surface area contributed by atoms with Crippen LogP contribution in [0.15, 0.2) is 65.2 Å². The molecule has 0 unspecified atom stereocenters. The van der Waals surface area contributed by atoms with Gasteiger partial charge in [-0.05, 0) is 31.9 Å². The Morgan fingerprint density at radius 3 is 2.60 bits per heavy atom. The van der Waals surface area contributed by atoms with Crippen LogP contribution in [0, 0.1) is 0 Å². The highest BCUT2D eigenvalue weighted by Crippen LogP contribution is 2.41. The molecular weight excluding hydrogens is 378 g/mol. The second-order valence-electron chi connectivity index (χ2n) is 7.70. The summed E-state index contributed by atoms with van der Waals surface area (Å²) in [5.74, 6) is 0.265. The van der Waals surface area contributed by atoms with Gasteiger partial charge in [0.2, 0.25) is 0 Å². The molecule has 6 heteroatoms. The summed E-state index contributed by atoms with van der Waals surface area (Å²) in [5, 5.41) is 18.0. The minimum atomic E-state index is -0.369. The first-order valence-corrected chi connectivity index (χ1v) is 10.1. The molecule has 4 aromatic rings. The molecule has 0 radical (unpaired) electrons. The number of amides is 1. The number of aromatic hydroxyl groups is 1. The van der Waals surface area contributed by atoms with Gasteiger partial charge in [-0.15, -0.1) is 0 Å². The maximum atomic E-state index is 13.3. The Hall–Kier alpha value is -3.67. The van der Waals surface area contributed by atoms with Crippen LogP contribution < -0.4 is 5.32 Å². The van der Waals surface area contributed by atoms with E-state index in [0.717, 1.165) is 24.1 Å². The van der Waals surface area contributed by atoms with Crippen LogP contribution in [0.4, 0.5) is 0 Å². The number of pyridine rings is 1. The number of hydrogen-bond donors (Lipinski definition) is 2. The summed E-state index contributed by atoms with van der Waals surface area (Å²) in [6.45, 7) is 1.85. The monoisotopic (exact) mass is 399 g/mol. The molecule has 0 spiro atoms. The number of hydrogen-bond acceptors (Lipinski definition) is 5. The summed E-state index contributed by atoms with van der Waals surface area (Å²) in [6, 6.07) is 18.1. The average molecular weight is 399 g/mol. The summed E-state index contributed by atoms with van der Waals surface area (Å²) >= 11 is 0. The molecule has 1 aliphatic rings. The van der Waals surface area contributed by atoms with E-state index >= 15 is 0 Å². The number of nitrogens with zero attached hydrogens (tertiary/aromatic N) is 2. The van der Waals surface area contributed by atoms with E-state index in [-0.39, 0.29) is 17.7 Å². The number of carbonyl (C=O) groups is 1. The molecule has 0 aliphatic heterocycles. The first kappa shape index (κ1) is 18.4. The lowest BCUT2D eigenvalue weighted by molar-refractivity contribution is 0.0941. The van der Waals surface area contributed by atoms with Gasteiger partial charge in [-0.25, -0.2) is 4.98 Å². The number of rotatable bonds is 5. The highest BCUT2D eigenvalue weighted by atomic mass is 16.5. The number of nitrogens with one attached hydrogen (secondary N) is 1. The van der Waals surface area contributed by atoms with Crippen molar-refractivity contribution in [3.63, 3.8) is 0 Å². The maximum Gasteiger partial charge on any atom is 0.259 e. The number of phenols is 1. The second-order valence-corrected chi connectivity index (χ2v) is 7.70. The number of fused-ring (bicyclic) bond motifs is 1. The van der Waals surface area contributed by atoms with Crippen LogP contribution >= 0.6 is 0 Å². The van der Waals surface area contributed by atoms with Gasteiger partial charge in [0, 0.05) is 22.7 Å². The predicted octanol–water partition coefficient (Wildman–Crippen LogP) is 4.96. The van der Waals surface area contributed by atoms with Crippen LogP contribution in [0.3, 0.4) is 0 Å². The Labute approximate surface area is 173 Å². The fraction of sp³-hybridized carbons (Fsp3) is 0.208. The lowest BCUT2D eigenvalue weighted by atomic mass is 10.0. The minimum absolute atomic E-state index is 0.152. The second kappa shape index (κ2) is 7.30. The van der Waals surface area contributed by atoms with Gasteiger partial charge in [0.1, 0.15) is 11.4 Å². The number of para-hydroxylation sites is 1. The van der Waals surface area contributed by atoms with E-state index in [1.807, 2.05) is 49.4 Å². The fourth-order valence-electron chi connectivity index (χ4n) is 3.74. The van der Waals surface area contributed by atoms with E-state index < -0.39 is 0 Å². The molecule has 1 aliphatic carbocycles. The van der Waals surface area contributed by atoms with Crippen molar-refractivity contribution in [1.82, 2.24) is 15.5 Å². The van der Waals surface area contributed by atoms with Gasteiger partial charge in [-0.1, -0.05) is 53.7 Å². The van der Waals surface area contributed by atoms with Crippen LogP contribution in [0.5, 0.6) is 5.75 Å². The van der Waals surface area contributed by atoms with Gasteiger partial charge in [0.15, 0.2) is 0 Å². The topological polar surface area (TPSA) is 88.3 Å². The summed E-state index contributed by atoms with van der Waals surface area (Å²) in [5.41, 5.74) is 3.84. The zero-order chi connectivity index (χ0) is 20.7. The fourth-order valence-corrected chi connectivity index (χ4v) is 3.74. The van der Waals surface area contributed by atoms with Gasteiger partial charge < -0.3 is 14.9 Å². The van der Waals surface area contributed by atoms with Crippen molar-refractivity contribution in [2.45, 2.75) is 31.7 Å².